The summed E-state index contributed by atoms with van der Waals surface area (Å²) in [5, 5.41) is 4.74. The van der Waals surface area contributed by atoms with Crippen molar-refractivity contribution in [3.8, 4) is 0 Å². The second-order valence-electron chi connectivity index (χ2n) is 3.41. The van der Waals surface area contributed by atoms with Gasteiger partial charge in [-0.2, -0.15) is 4.99 Å². The number of primary amides is 2. The second-order valence-corrected chi connectivity index (χ2v) is 3.41. The molecule has 6 N–H and O–H groups in total. The molecule has 1 aliphatic heterocycles. The summed E-state index contributed by atoms with van der Waals surface area (Å²) < 4.78 is 0. The van der Waals surface area contributed by atoms with E-state index in [1.54, 1.807) is 6.92 Å². The Morgan fingerprint density at radius 2 is 2.19 bits per heavy atom. The summed E-state index contributed by atoms with van der Waals surface area (Å²) in [6.45, 7) is 1.66. The quantitative estimate of drug-likeness (QED) is 0.406. The monoisotopic (exact) mass is 227 g/mol. The first-order valence-electron chi connectivity index (χ1n) is 4.65. The number of aliphatic imine (C=N–C) groups is 1. The summed E-state index contributed by atoms with van der Waals surface area (Å²) in [6, 6.07) is -0.845. The molecule has 0 aliphatic carbocycles. The topological polar surface area (TPSA) is 140 Å². The molecule has 4 amide bonds. The van der Waals surface area contributed by atoms with Crippen LogP contribution in [0.25, 0.3) is 0 Å². The van der Waals surface area contributed by atoms with Gasteiger partial charge in [0.15, 0.2) is 0 Å². The molecule has 16 heavy (non-hydrogen) atoms. The first kappa shape index (κ1) is 12.0. The van der Waals surface area contributed by atoms with E-state index in [1.165, 1.54) is 0 Å². The van der Waals surface area contributed by atoms with Gasteiger partial charge >= 0.3 is 6.03 Å². The standard InChI is InChI=1S/C8H13N5O3/c1-2-8(4(9)14)3-11-7(12-5(8)15)13-6(10)16/h2-3H2,1H3,(H2,9,14)(H4,10,11,12,13,15,16)/t8-/m0/s1. The molecule has 0 fully saturated rings. The van der Waals surface area contributed by atoms with Crippen LogP contribution < -0.4 is 22.1 Å². The number of amides is 4. The van der Waals surface area contributed by atoms with Gasteiger partial charge in [-0.25, -0.2) is 4.79 Å². The van der Waals surface area contributed by atoms with Crippen molar-refractivity contribution < 1.29 is 14.4 Å². The number of carbonyl (C=O) groups excluding carboxylic acids is 3. The van der Waals surface area contributed by atoms with Gasteiger partial charge in [0.25, 0.3) is 5.91 Å². The first-order chi connectivity index (χ1) is 7.42. The molecule has 88 valence electrons. The lowest BCUT2D eigenvalue weighted by Gasteiger charge is -2.30. The Labute approximate surface area is 91.4 Å². The molecule has 1 heterocycles. The Morgan fingerprint density at radius 3 is 2.56 bits per heavy atom. The molecule has 0 bridgehead atoms. The minimum absolute atomic E-state index is 0.00319. The van der Waals surface area contributed by atoms with E-state index in [-0.39, 0.29) is 18.9 Å². The van der Waals surface area contributed by atoms with Crippen molar-refractivity contribution in [2.24, 2.45) is 21.9 Å². The predicted octanol–water partition coefficient (Wildman–Crippen LogP) is -1.98. The van der Waals surface area contributed by atoms with Crippen molar-refractivity contribution >= 4 is 23.8 Å². The lowest BCUT2D eigenvalue weighted by molar-refractivity contribution is -0.139. The van der Waals surface area contributed by atoms with Crippen LogP contribution in [-0.4, -0.2) is 30.3 Å². The Hall–Kier alpha value is -2.12. The minimum Gasteiger partial charge on any atom is -0.369 e. The molecule has 1 rings (SSSR count). The summed E-state index contributed by atoms with van der Waals surface area (Å²) in [7, 11) is 0. The third kappa shape index (κ3) is 1.95. The Kier molecular flexibility index (Phi) is 3.11. The maximum atomic E-state index is 11.7. The number of urea groups is 1. The van der Waals surface area contributed by atoms with Crippen molar-refractivity contribution in [2.45, 2.75) is 13.3 Å². The van der Waals surface area contributed by atoms with E-state index in [2.05, 4.69) is 15.6 Å². The summed E-state index contributed by atoms with van der Waals surface area (Å²) in [6.07, 6.45) is 0.238. The van der Waals surface area contributed by atoms with Gasteiger partial charge in [-0.05, 0) is 6.42 Å². The Bertz CT molecular complexity index is 378. The van der Waals surface area contributed by atoms with Crippen LogP contribution in [0.2, 0.25) is 0 Å². The number of nitrogens with zero attached hydrogens (tertiary/aromatic N) is 1. The van der Waals surface area contributed by atoms with E-state index < -0.39 is 23.3 Å². The van der Waals surface area contributed by atoms with E-state index >= 15 is 0 Å². The van der Waals surface area contributed by atoms with Crippen LogP contribution in [0.4, 0.5) is 4.79 Å². The van der Waals surface area contributed by atoms with Crippen LogP contribution in [0, 0.1) is 5.41 Å². The highest BCUT2D eigenvalue weighted by Gasteiger charge is 2.45. The summed E-state index contributed by atoms with van der Waals surface area (Å²) in [5.41, 5.74) is 8.68. The molecular weight excluding hydrogens is 214 g/mol. The largest absolute Gasteiger partial charge is 0.369 e. The number of guanidine groups is 1. The highest BCUT2D eigenvalue weighted by Crippen LogP contribution is 2.24. The third-order valence-corrected chi connectivity index (χ3v) is 2.50. The third-order valence-electron chi connectivity index (χ3n) is 2.50. The van der Waals surface area contributed by atoms with Gasteiger partial charge < -0.3 is 16.8 Å². The average molecular weight is 227 g/mol. The molecule has 8 nitrogen and oxygen atoms in total. The molecule has 8 heteroatoms. The fraction of sp³-hybridized carbons (Fsp3) is 0.500. The molecule has 0 unspecified atom stereocenters. The van der Waals surface area contributed by atoms with Crippen LogP contribution >= 0.6 is 0 Å². The Balaban J connectivity index is 2.94. The van der Waals surface area contributed by atoms with Gasteiger partial charge in [-0.15, -0.1) is 0 Å². The molecule has 1 atom stereocenters. The average Bonchev–Trinajstić information content (AvgIpc) is 2.17. The fourth-order valence-electron chi connectivity index (χ4n) is 1.39. The predicted molar refractivity (Wildman–Crippen MR) is 55.1 cm³/mol. The van der Waals surface area contributed by atoms with Gasteiger partial charge in [0.2, 0.25) is 11.9 Å². The second kappa shape index (κ2) is 4.17. The first-order valence-corrected chi connectivity index (χ1v) is 4.65. The lowest BCUT2D eigenvalue weighted by atomic mass is 9.82. The van der Waals surface area contributed by atoms with Crippen LogP contribution in [0.5, 0.6) is 0 Å². The van der Waals surface area contributed by atoms with Gasteiger partial charge in [-0.3, -0.25) is 14.9 Å². The zero-order chi connectivity index (χ0) is 12.3. The summed E-state index contributed by atoms with van der Waals surface area (Å²) in [4.78, 5) is 36.9. The van der Waals surface area contributed by atoms with Crippen LogP contribution in [0.1, 0.15) is 13.3 Å². The van der Waals surface area contributed by atoms with E-state index in [4.69, 9.17) is 11.5 Å². The van der Waals surface area contributed by atoms with Crippen LogP contribution in [0.15, 0.2) is 4.99 Å². The summed E-state index contributed by atoms with van der Waals surface area (Å²) in [5.74, 6) is -1.48. The minimum atomic E-state index is -1.34. The SMILES string of the molecule is CC[C@@]1(C(N)=O)CNC(NC(N)=O)=NC1=O. The van der Waals surface area contributed by atoms with Crippen LogP contribution in [0.3, 0.4) is 0 Å². The van der Waals surface area contributed by atoms with Crippen molar-refractivity contribution in [1.29, 1.82) is 0 Å². The zero-order valence-corrected chi connectivity index (χ0v) is 8.74. The van der Waals surface area contributed by atoms with E-state index in [9.17, 15) is 14.4 Å². The number of nitrogens with two attached hydrogens (primary N) is 2. The maximum Gasteiger partial charge on any atom is 0.318 e. The van der Waals surface area contributed by atoms with Crippen LogP contribution in [-0.2, 0) is 9.59 Å². The van der Waals surface area contributed by atoms with Gasteiger partial charge in [-0.1, -0.05) is 6.92 Å². The Morgan fingerprint density at radius 1 is 1.56 bits per heavy atom. The molecule has 0 saturated carbocycles. The van der Waals surface area contributed by atoms with Gasteiger partial charge in [0, 0.05) is 6.54 Å². The highest BCUT2D eigenvalue weighted by molar-refractivity contribution is 6.12. The fourth-order valence-corrected chi connectivity index (χ4v) is 1.39. The molecular formula is C8H13N5O3. The normalized spacial score (nSPS) is 24.3. The maximum absolute atomic E-state index is 11.7. The van der Waals surface area contributed by atoms with Crippen molar-refractivity contribution in [2.75, 3.05) is 6.54 Å². The summed E-state index contributed by atoms with van der Waals surface area (Å²) >= 11 is 0. The van der Waals surface area contributed by atoms with Crippen molar-refractivity contribution in [3.63, 3.8) is 0 Å². The van der Waals surface area contributed by atoms with Crippen molar-refractivity contribution in [3.05, 3.63) is 0 Å². The molecule has 0 aromatic rings. The number of nitrogens with one attached hydrogen (secondary N) is 2. The van der Waals surface area contributed by atoms with E-state index in [0.717, 1.165) is 0 Å². The van der Waals surface area contributed by atoms with E-state index in [0.29, 0.717) is 0 Å². The lowest BCUT2D eigenvalue weighted by Crippen LogP contribution is -2.58. The number of carbonyl (C=O) groups is 3. The number of hydrogen-bond acceptors (Lipinski definition) is 4. The zero-order valence-electron chi connectivity index (χ0n) is 8.74. The molecule has 0 radical (unpaired) electrons. The molecule has 0 saturated heterocycles. The van der Waals surface area contributed by atoms with E-state index in [1.807, 2.05) is 0 Å². The highest BCUT2D eigenvalue weighted by atomic mass is 16.2. The number of hydrogen-bond donors (Lipinski definition) is 4. The molecule has 0 aromatic heterocycles. The number of rotatable bonds is 2. The van der Waals surface area contributed by atoms with Gasteiger partial charge in [0.1, 0.15) is 5.41 Å². The smallest absolute Gasteiger partial charge is 0.318 e. The van der Waals surface area contributed by atoms with Gasteiger partial charge in [0.05, 0.1) is 0 Å². The molecule has 0 spiro atoms. The molecule has 1 aliphatic rings. The van der Waals surface area contributed by atoms with Crippen molar-refractivity contribution in [1.82, 2.24) is 10.6 Å². The molecule has 0 aromatic carbocycles.